The average molecular weight is 363 g/mol. The van der Waals surface area contributed by atoms with Gasteiger partial charge in [0.25, 0.3) is 5.91 Å². The van der Waals surface area contributed by atoms with Gasteiger partial charge in [0.15, 0.2) is 5.96 Å². The lowest BCUT2D eigenvalue weighted by Gasteiger charge is -2.12. The van der Waals surface area contributed by atoms with Crippen molar-refractivity contribution < 1.29 is 9.53 Å². The number of rotatable bonds is 11. The molecule has 0 spiro atoms. The first-order valence-corrected chi connectivity index (χ1v) is 9.47. The molecule has 1 rings (SSSR count). The number of hydrogen-bond acceptors (Lipinski definition) is 3. The minimum atomic E-state index is -0.0558. The highest BCUT2D eigenvalue weighted by molar-refractivity contribution is 5.94. The molecule has 26 heavy (non-hydrogen) atoms. The molecule has 0 heterocycles. The maximum Gasteiger partial charge on any atom is 0.251 e. The van der Waals surface area contributed by atoms with E-state index in [0.717, 1.165) is 37.7 Å². The van der Waals surface area contributed by atoms with Gasteiger partial charge in [-0.15, -0.1) is 0 Å². The molecule has 1 amide bonds. The molecule has 146 valence electrons. The van der Waals surface area contributed by atoms with Gasteiger partial charge < -0.3 is 20.7 Å². The third-order valence-corrected chi connectivity index (χ3v) is 3.50. The number of hydrogen-bond donors (Lipinski definition) is 3. The van der Waals surface area contributed by atoms with Crippen molar-refractivity contribution in [3.05, 3.63) is 35.4 Å². The Labute approximate surface area is 157 Å². The Morgan fingerprint density at radius 2 is 1.96 bits per heavy atom. The van der Waals surface area contributed by atoms with E-state index in [-0.39, 0.29) is 5.91 Å². The topological polar surface area (TPSA) is 74.8 Å². The summed E-state index contributed by atoms with van der Waals surface area (Å²) in [5.74, 6) is 1.27. The predicted molar refractivity (Wildman–Crippen MR) is 108 cm³/mol. The zero-order valence-corrected chi connectivity index (χ0v) is 16.6. The van der Waals surface area contributed by atoms with Gasteiger partial charge in [0.05, 0.1) is 0 Å². The number of aryl methyl sites for hydroxylation is 1. The summed E-state index contributed by atoms with van der Waals surface area (Å²) in [4.78, 5) is 16.6. The Morgan fingerprint density at radius 3 is 2.65 bits per heavy atom. The summed E-state index contributed by atoms with van der Waals surface area (Å²) < 4.78 is 5.55. The number of guanidine groups is 1. The first-order chi connectivity index (χ1) is 12.5. The van der Waals surface area contributed by atoms with Gasteiger partial charge in [0.2, 0.25) is 0 Å². The standard InChI is InChI=1S/C20H34N4O2/c1-5-21-20(23-10-7-13-26-15-16(2)3)24-12-11-22-19(25)18-9-6-8-17(4)14-18/h6,8-9,14,16H,5,7,10-13,15H2,1-4H3,(H,22,25)(H2,21,23,24). The zero-order valence-electron chi connectivity index (χ0n) is 16.6. The molecule has 1 aromatic rings. The molecule has 0 atom stereocenters. The second-order valence-electron chi connectivity index (χ2n) is 6.64. The fourth-order valence-electron chi connectivity index (χ4n) is 2.26. The first kappa shape index (κ1) is 22.0. The minimum Gasteiger partial charge on any atom is -0.381 e. The fraction of sp³-hybridized carbons (Fsp3) is 0.600. The molecule has 0 saturated heterocycles. The van der Waals surface area contributed by atoms with E-state index in [1.807, 2.05) is 38.1 Å². The van der Waals surface area contributed by atoms with Crippen LogP contribution in [0.2, 0.25) is 0 Å². The van der Waals surface area contributed by atoms with E-state index in [4.69, 9.17) is 4.74 Å². The molecular weight excluding hydrogens is 328 g/mol. The van der Waals surface area contributed by atoms with Crippen molar-refractivity contribution in [1.82, 2.24) is 16.0 Å². The summed E-state index contributed by atoms with van der Waals surface area (Å²) in [6, 6.07) is 7.58. The summed E-state index contributed by atoms with van der Waals surface area (Å²) in [5, 5.41) is 9.35. The van der Waals surface area contributed by atoms with Gasteiger partial charge in [-0.25, -0.2) is 0 Å². The molecule has 0 aromatic heterocycles. The van der Waals surface area contributed by atoms with Crippen LogP contribution in [0.3, 0.4) is 0 Å². The number of carbonyl (C=O) groups excluding carboxylic acids is 1. The number of nitrogens with zero attached hydrogens (tertiary/aromatic N) is 1. The zero-order chi connectivity index (χ0) is 19.2. The lowest BCUT2D eigenvalue weighted by molar-refractivity contribution is 0.0954. The van der Waals surface area contributed by atoms with Gasteiger partial charge in [-0.05, 0) is 38.3 Å². The molecule has 3 N–H and O–H groups in total. The van der Waals surface area contributed by atoms with Gasteiger partial charge in [0, 0.05) is 45.0 Å². The maximum absolute atomic E-state index is 12.1. The second kappa shape index (κ2) is 13.2. The van der Waals surface area contributed by atoms with Crippen LogP contribution in [-0.2, 0) is 4.74 Å². The molecule has 0 saturated carbocycles. The molecule has 0 bridgehead atoms. The summed E-state index contributed by atoms with van der Waals surface area (Å²) in [6.45, 7) is 12.5. The van der Waals surface area contributed by atoms with E-state index in [2.05, 4.69) is 34.8 Å². The van der Waals surface area contributed by atoms with Crippen LogP contribution >= 0.6 is 0 Å². The Balaban J connectivity index is 2.25. The van der Waals surface area contributed by atoms with Crippen molar-refractivity contribution >= 4 is 11.9 Å². The van der Waals surface area contributed by atoms with Crippen molar-refractivity contribution in [3.8, 4) is 0 Å². The highest BCUT2D eigenvalue weighted by Crippen LogP contribution is 2.03. The molecule has 0 fully saturated rings. The Bertz CT molecular complexity index is 558. The van der Waals surface area contributed by atoms with Gasteiger partial charge in [0.1, 0.15) is 0 Å². The molecule has 0 aliphatic heterocycles. The smallest absolute Gasteiger partial charge is 0.251 e. The molecule has 0 aliphatic carbocycles. The van der Waals surface area contributed by atoms with E-state index in [1.165, 1.54) is 0 Å². The Hall–Kier alpha value is -2.08. The van der Waals surface area contributed by atoms with Crippen LogP contribution in [0.4, 0.5) is 0 Å². The summed E-state index contributed by atoms with van der Waals surface area (Å²) in [6.07, 6.45) is 0.896. The van der Waals surface area contributed by atoms with Crippen LogP contribution in [-0.4, -0.2) is 51.3 Å². The highest BCUT2D eigenvalue weighted by Gasteiger charge is 2.04. The molecule has 0 aliphatic rings. The monoisotopic (exact) mass is 362 g/mol. The number of carbonyl (C=O) groups is 1. The van der Waals surface area contributed by atoms with E-state index in [9.17, 15) is 4.79 Å². The number of aliphatic imine (C=N–C) groups is 1. The number of ether oxygens (including phenoxy) is 1. The van der Waals surface area contributed by atoms with Crippen LogP contribution < -0.4 is 16.0 Å². The van der Waals surface area contributed by atoms with Crippen LogP contribution in [0.5, 0.6) is 0 Å². The van der Waals surface area contributed by atoms with Gasteiger partial charge in [-0.2, -0.15) is 0 Å². The number of amides is 1. The van der Waals surface area contributed by atoms with E-state index >= 15 is 0 Å². The van der Waals surface area contributed by atoms with Crippen LogP contribution in [0.25, 0.3) is 0 Å². The van der Waals surface area contributed by atoms with Gasteiger partial charge >= 0.3 is 0 Å². The quantitative estimate of drug-likeness (QED) is 0.321. The van der Waals surface area contributed by atoms with E-state index < -0.39 is 0 Å². The van der Waals surface area contributed by atoms with E-state index in [1.54, 1.807) is 0 Å². The SMILES string of the molecule is CCNC(=NCCCOCC(C)C)NCCNC(=O)c1cccc(C)c1. The molecular formula is C20H34N4O2. The van der Waals surface area contributed by atoms with Crippen molar-refractivity contribution in [1.29, 1.82) is 0 Å². The number of nitrogens with one attached hydrogen (secondary N) is 3. The molecule has 0 radical (unpaired) electrons. The van der Waals surface area contributed by atoms with Gasteiger partial charge in [-0.1, -0.05) is 31.5 Å². The highest BCUT2D eigenvalue weighted by atomic mass is 16.5. The molecule has 6 heteroatoms. The lowest BCUT2D eigenvalue weighted by atomic mass is 10.1. The van der Waals surface area contributed by atoms with E-state index in [0.29, 0.717) is 31.1 Å². The molecule has 1 aromatic carbocycles. The maximum atomic E-state index is 12.1. The summed E-state index contributed by atoms with van der Waals surface area (Å²) in [5.41, 5.74) is 1.77. The first-order valence-electron chi connectivity index (χ1n) is 9.47. The lowest BCUT2D eigenvalue weighted by Crippen LogP contribution is -2.41. The second-order valence-corrected chi connectivity index (χ2v) is 6.64. The van der Waals surface area contributed by atoms with Crippen molar-refractivity contribution in [3.63, 3.8) is 0 Å². The minimum absolute atomic E-state index is 0.0558. The predicted octanol–water partition coefficient (Wildman–Crippen LogP) is 2.34. The van der Waals surface area contributed by atoms with Crippen molar-refractivity contribution in [2.75, 3.05) is 39.4 Å². The largest absolute Gasteiger partial charge is 0.381 e. The van der Waals surface area contributed by atoms with Crippen molar-refractivity contribution in [2.24, 2.45) is 10.9 Å². The molecule has 6 nitrogen and oxygen atoms in total. The summed E-state index contributed by atoms with van der Waals surface area (Å²) in [7, 11) is 0. The summed E-state index contributed by atoms with van der Waals surface area (Å²) >= 11 is 0. The average Bonchev–Trinajstić information content (AvgIpc) is 2.61. The van der Waals surface area contributed by atoms with Crippen LogP contribution in [0.15, 0.2) is 29.3 Å². The Morgan fingerprint density at radius 1 is 1.19 bits per heavy atom. The third kappa shape index (κ3) is 10.0. The van der Waals surface area contributed by atoms with Crippen molar-refractivity contribution in [2.45, 2.75) is 34.1 Å². The molecule has 0 unspecified atom stereocenters. The van der Waals surface area contributed by atoms with Crippen LogP contribution in [0, 0.1) is 12.8 Å². The van der Waals surface area contributed by atoms with Gasteiger partial charge in [-0.3, -0.25) is 9.79 Å². The number of benzene rings is 1. The van der Waals surface area contributed by atoms with Crippen LogP contribution in [0.1, 0.15) is 43.1 Å². The fourth-order valence-corrected chi connectivity index (χ4v) is 2.26. The third-order valence-electron chi connectivity index (χ3n) is 3.50. The Kier molecular flexibility index (Phi) is 11.1. The normalized spacial score (nSPS) is 11.5.